The molecule has 2 amide bonds. The van der Waals surface area contributed by atoms with Crippen LogP contribution in [0.15, 0.2) is 52.0 Å². The number of hydrogen-bond acceptors (Lipinski definition) is 5. The van der Waals surface area contributed by atoms with Crippen LogP contribution in [0, 0.1) is 0 Å². The Bertz CT molecular complexity index is 805. The van der Waals surface area contributed by atoms with Crippen molar-refractivity contribution in [2.24, 2.45) is 0 Å². The lowest BCUT2D eigenvalue weighted by Gasteiger charge is -2.08. The van der Waals surface area contributed by atoms with Gasteiger partial charge in [0.1, 0.15) is 5.76 Å². The molecule has 0 fully saturated rings. The van der Waals surface area contributed by atoms with Crippen LogP contribution in [-0.4, -0.2) is 20.2 Å². The molecule has 23 heavy (non-hydrogen) atoms. The van der Waals surface area contributed by atoms with E-state index in [4.69, 9.17) is 16.0 Å². The maximum Gasteiger partial charge on any atom is 0.324 e. The van der Waals surface area contributed by atoms with Crippen LogP contribution in [0.5, 0.6) is 0 Å². The molecule has 0 spiro atoms. The maximum atomic E-state index is 11.9. The molecule has 0 saturated heterocycles. The number of sulfonamides is 1. The predicted molar refractivity (Wildman–Crippen MR) is 80.5 cm³/mol. The highest BCUT2D eigenvalue weighted by molar-refractivity contribution is 7.89. The van der Waals surface area contributed by atoms with Gasteiger partial charge >= 0.3 is 11.8 Å². The number of rotatable bonds is 5. The van der Waals surface area contributed by atoms with Crippen LogP contribution in [0.2, 0.25) is 5.02 Å². The summed E-state index contributed by atoms with van der Waals surface area (Å²) in [5.41, 5.74) is 1.81. The SMILES string of the molecule is O=C(NCc1ccco1)C(=O)NNS(=O)(=O)c1cccc(Cl)c1. The van der Waals surface area contributed by atoms with E-state index in [9.17, 15) is 18.0 Å². The molecule has 0 aliphatic rings. The lowest BCUT2D eigenvalue weighted by molar-refractivity contribution is -0.139. The Morgan fingerprint density at radius 2 is 1.91 bits per heavy atom. The summed E-state index contributed by atoms with van der Waals surface area (Å²) in [4.78, 5) is 24.7. The van der Waals surface area contributed by atoms with Gasteiger partial charge in [0.15, 0.2) is 0 Å². The molecule has 0 unspecified atom stereocenters. The Labute approximate surface area is 136 Å². The van der Waals surface area contributed by atoms with Gasteiger partial charge in [-0.1, -0.05) is 17.7 Å². The molecule has 3 N–H and O–H groups in total. The Morgan fingerprint density at radius 3 is 2.57 bits per heavy atom. The van der Waals surface area contributed by atoms with Crippen molar-refractivity contribution >= 4 is 33.4 Å². The van der Waals surface area contributed by atoms with Crippen molar-refractivity contribution in [1.82, 2.24) is 15.6 Å². The lowest BCUT2D eigenvalue weighted by Crippen LogP contribution is -2.48. The fourth-order valence-electron chi connectivity index (χ4n) is 1.52. The van der Waals surface area contributed by atoms with Gasteiger partial charge in [0.05, 0.1) is 17.7 Å². The topological polar surface area (TPSA) is 118 Å². The number of nitrogens with one attached hydrogen (secondary N) is 3. The lowest BCUT2D eigenvalue weighted by atomic mass is 10.4. The minimum atomic E-state index is -4.03. The van der Waals surface area contributed by atoms with E-state index in [1.54, 1.807) is 17.0 Å². The van der Waals surface area contributed by atoms with Crippen molar-refractivity contribution in [1.29, 1.82) is 0 Å². The standard InChI is InChI=1S/C13H12ClN3O5S/c14-9-3-1-5-11(7-9)23(20,21)17-16-13(19)12(18)15-8-10-4-2-6-22-10/h1-7,17H,8H2,(H,15,18)(H,16,19). The highest BCUT2D eigenvalue weighted by atomic mass is 35.5. The molecule has 0 bridgehead atoms. The molecule has 1 heterocycles. The first-order valence-corrected chi connectivity index (χ1v) is 8.12. The zero-order valence-electron chi connectivity index (χ0n) is 11.6. The molecule has 2 rings (SSSR count). The molecule has 0 aliphatic heterocycles. The second-order valence-electron chi connectivity index (χ2n) is 4.28. The number of carbonyl (C=O) groups is 2. The Balaban J connectivity index is 1.89. The number of hydrogen-bond donors (Lipinski definition) is 3. The molecule has 8 nitrogen and oxygen atoms in total. The highest BCUT2D eigenvalue weighted by Crippen LogP contribution is 2.14. The summed E-state index contributed by atoms with van der Waals surface area (Å²) in [7, 11) is -4.03. The average molecular weight is 358 g/mol. The van der Waals surface area contributed by atoms with Crippen molar-refractivity contribution < 1.29 is 22.4 Å². The van der Waals surface area contributed by atoms with E-state index in [0.717, 1.165) is 0 Å². The number of amides is 2. The number of hydrazine groups is 1. The molecule has 2 aromatic rings. The number of benzene rings is 1. The minimum absolute atomic E-state index is 0.000294. The fourth-order valence-corrected chi connectivity index (χ4v) is 2.66. The van der Waals surface area contributed by atoms with E-state index in [-0.39, 0.29) is 16.5 Å². The normalized spacial score (nSPS) is 11.0. The van der Waals surface area contributed by atoms with Crippen LogP contribution in [0.4, 0.5) is 0 Å². The van der Waals surface area contributed by atoms with Gasteiger partial charge in [-0.05, 0) is 30.3 Å². The van der Waals surface area contributed by atoms with Crippen LogP contribution in [-0.2, 0) is 26.2 Å². The van der Waals surface area contributed by atoms with Crippen LogP contribution < -0.4 is 15.6 Å². The molecule has 1 aromatic heterocycles. The van der Waals surface area contributed by atoms with Crippen molar-refractivity contribution in [3.8, 4) is 0 Å². The smallest absolute Gasteiger partial charge is 0.324 e. The Hall–Kier alpha value is -2.36. The summed E-state index contributed by atoms with van der Waals surface area (Å²) in [5, 5.41) is 2.49. The number of carbonyl (C=O) groups excluding carboxylic acids is 2. The average Bonchev–Trinajstić information content (AvgIpc) is 3.03. The van der Waals surface area contributed by atoms with Gasteiger partial charge in [-0.15, -0.1) is 4.83 Å². The van der Waals surface area contributed by atoms with Gasteiger partial charge in [-0.3, -0.25) is 15.0 Å². The van der Waals surface area contributed by atoms with Gasteiger partial charge in [-0.2, -0.15) is 0 Å². The van der Waals surface area contributed by atoms with Gasteiger partial charge < -0.3 is 9.73 Å². The Kier molecular flexibility index (Phi) is 5.37. The summed E-state index contributed by atoms with van der Waals surface area (Å²) >= 11 is 5.70. The third-order valence-corrected chi connectivity index (χ3v) is 4.10. The van der Waals surface area contributed by atoms with Crippen molar-refractivity contribution in [2.75, 3.05) is 0 Å². The molecule has 0 radical (unpaired) electrons. The van der Waals surface area contributed by atoms with E-state index >= 15 is 0 Å². The Morgan fingerprint density at radius 1 is 1.13 bits per heavy atom. The van der Waals surface area contributed by atoms with Crippen LogP contribution in [0.1, 0.15) is 5.76 Å². The molecule has 0 aliphatic carbocycles. The largest absolute Gasteiger partial charge is 0.467 e. The third kappa shape index (κ3) is 4.81. The summed E-state index contributed by atoms with van der Waals surface area (Å²) in [6.07, 6.45) is 1.42. The summed E-state index contributed by atoms with van der Waals surface area (Å²) in [6.45, 7) is 0.000294. The maximum absolute atomic E-state index is 11.9. The quantitative estimate of drug-likeness (QED) is 0.534. The van der Waals surface area contributed by atoms with E-state index in [0.29, 0.717) is 5.76 Å². The van der Waals surface area contributed by atoms with E-state index in [2.05, 4.69) is 5.32 Å². The number of furan rings is 1. The minimum Gasteiger partial charge on any atom is -0.467 e. The molecular weight excluding hydrogens is 346 g/mol. The molecule has 0 saturated carbocycles. The van der Waals surface area contributed by atoms with Gasteiger partial charge in [0.25, 0.3) is 10.0 Å². The molecule has 1 aromatic carbocycles. The molecule has 0 atom stereocenters. The summed E-state index contributed by atoms with van der Waals surface area (Å²) < 4.78 is 28.8. The second-order valence-corrected chi connectivity index (χ2v) is 6.40. The summed E-state index contributed by atoms with van der Waals surface area (Å²) in [5.74, 6) is -1.73. The van der Waals surface area contributed by atoms with Gasteiger partial charge in [0.2, 0.25) is 0 Å². The van der Waals surface area contributed by atoms with Crippen LogP contribution in [0.3, 0.4) is 0 Å². The molecular formula is C13H12ClN3O5S. The highest BCUT2D eigenvalue weighted by Gasteiger charge is 2.19. The zero-order chi connectivity index (χ0) is 16.9. The zero-order valence-corrected chi connectivity index (χ0v) is 13.1. The van der Waals surface area contributed by atoms with Crippen molar-refractivity contribution in [3.63, 3.8) is 0 Å². The van der Waals surface area contributed by atoms with Crippen LogP contribution >= 0.6 is 11.6 Å². The summed E-state index contributed by atoms with van der Waals surface area (Å²) in [6, 6.07) is 8.67. The van der Waals surface area contributed by atoms with E-state index < -0.39 is 21.8 Å². The first kappa shape index (κ1) is 17.0. The molecule has 122 valence electrons. The number of halogens is 1. The first-order valence-electron chi connectivity index (χ1n) is 6.26. The van der Waals surface area contributed by atoms with E-state index in [1.807, 2.05) is 5.43 Å². The monoisotopic (exact) mass is 357 g/mol. The first-order chi connectivity index (χ1) is 10.9. The van der Waals surface area contributed by atoms with Gasteiger partial charge in [-0.25, -0.2) is 8.42 Å². The molecule has 10 heteroatoms. The van der Waals surface area contributed by atoms with Crippen LogP contribution in [0.25, 0.3) is 0 Å². The van der Waals surface area contributed by atoms with Crippen molar-refractivity contribution in [3.05, 3.63) is 53.4 Å². The second kappa shape index (κ2) is 7.27. The predicted octanol–water partition coefficient (Wildman–Crippen LogP) is 0.559. The van der Waals surface area contributed by atoms with E-state index in [1.165, 1.54) is 30.5 Å². The van der Waals surface area contributed by atoms with Crippen molar-refractivity contribution in [2.45, 2.75) is 11.4 Å². The van der Waals surface area contributed by atoms with Gasteiger partial charge in [0, 0.05) is 5.02 Å². The fraction of sp³-hybridized carbons (Fsp3) is 0.0769. The third-order valence-electron chi connectivity index (χ3n) is 2.61.